The molecule has 0 aromatic heterocycles. The number of carbonyl (C=O) groups excluding carboxylic acids is 2. The van der Waals surface area contributed by atoms with Crippen LogP contribution in [-0.4, -0.2) is 38.6 Å². The van der Waals surface area contributed by atoms with Gasteiger partial charge >= 0.3 is 0 Å². The van der Waals surface area contributed by atoms with Gasteiger partial charge in [-0.2, -0.15) is 0 Å². The van der Waals surface area contributed by atoms with Crippen molar-refractivity contribution in [1.82, 2.24) is 15.2 Å². The Hall–Kier alpha value is -2.78. The summed E-state index contributed by atoms with van der Waals surface area (Å²) in [6.07, 6.45) is 0. The molecule has 9 heteroatoms. The first-order valence-electron chi connectivity index (χ1n) is 7.52. The van der Waals surface area contributed by atoms with E-state index in [4.69, 9.17) is 0 Å². The maximum Gasteiger partial charge on any atom is 0.269 e. The smallest absolute Gasteiger partial charge is 0.267 e. The molecule has 0 aliphatic heterocycles. The number of hydrogen-bond acceptors (Lipinski definition) is 4. The lowest BCUT2D eigenvalue weighted by atomic mass is 10.1. The zero-order valence-corrected chi connectivity index (χ0v) is 15.2. The second kappa shape index (κ2) is 7.63. The SMILES string of the molecule is Cc1ccc(C(=O)NNC(=O)c2cccc(S(=O)(=O)N(C)C)c2)cc1F. The van der Waals surface area contributed by atoms with Crippen molar-refractivity contribution in [2.24, 2.45) is 0 Å². The second-order valence-electron chi connectivity index (χ2n) is 5.69. The van der Waals surface area contributed by atoms with Gasteiger partial charge in [-0.05, 0) is 42.8 Å². The van der Waals surface area contributed by atoms with E-state index in [9.17, 15) is 22.4 Å². The summed E-state index contributed by atoms with van der Waals surface area (Å²) in [6, 6.07) is 9.30. The first-order valence-corrected chi connectivity index (χ1v) is 8.96. The van der Waals surface area contributed by atoms with Gasteiger partial charge in [0.2, 0.25) is 10.0 Å². The van der Waals surface area contributed by atoms with Gasteiger partial charge in [0, 0.05) is 25.2 Å². The van der Waals surface area contributed by atoms with Crippen LogP contribution in [0, 0.1) is 12.7 Å². The van der Waals surface area contributed by atoms with Crippen LogP contribution in [0.3, 0.4) is 0 Å². The first kappa shape index (κ1) is 19.5. The van der Waals surface area contributed by atoms with Gasteiger partial charge in [0.1, 0.15) is 5.82 Å². The lowest BCUT2D eigenvalue weighted by Gasteiger charge is -2.12. The van der Waals surface area contributed by atoms with Gasteiger partial charge in [0.05, 0.1) is 4.90 Å². The molecule has 0 bridgehead atoms. The van der Waals surface area contributed by atoms with Crippen LogP contribution in [0.15, 0.2) is 47.4 Å². The van der Waals surface area contributed by atoms with E-state index in [0.717, 1.165) is 10.4 Å². The molecule has 0 heterocycles. The molecule has 0 spiro atoms. The number of benzene rings is 2. The lowest BCUT2D eigenvalue weighted by molar-refractivity contribution is 0.0846. The number of sulfonamides is 1. The first-order chi connectivity index (χ1) is 12.1. The molecule has 2 aromatic rings. The summed E-state index contributed by atoms with van der Waals surface area (Å²) in [6.45, 7) is 1.56. The zero-order valence-electron chi connectivity index (χ0n) is 14.4. The minimum Gasteiger partial charge on any atom is -0.267 e. The molecule has 138 valence electrons. The van der Waals surface area contributed by atoms with Gasteiger partial charge in [-0.1, -0.05) is 12.1 Å². The van der Waals surface area contributed by atoms with Crippen LogP contribution in [0.5, 0.6) is 0 Å². The van der Waals surface area contributed by atoms with E-state index in [-0.39, 0.29) is 16.0 Å². The molecule has 0 radical (unpaired) electrons. The van der Waals surface area contributed by atoms with Crippen molar-refractivity contribution in [3.05, 3.63) is 65.0 Å². The number of nitrogens with one attached hydrogen (secondary N) is 2. The number of rotatable bonds is 4. The van der Waals surface area contributed by atoms with Gasteiger partial charge in [-0.3, -0.25) is 20.4 Å². The summed E-state index contributed by atoms with van der Waals surface area (Å²) in [5.74, 6) is -1.94. The van der Waals surface area contributed by atoms with E-state index >= 15 is 0 Å². The van der Waals surface area contributed by atoms with Crippen LogP contribution in [-0.2, 0) is 10.0 Å². The quantitative estimate of drug-likeness (QED) is 0.786. The van der Waals surface area contributed by atoms with Crippen LogP contribution in [0.4, 0.5) is 4.39 Å². The molecule has 0 fully saturated rings. The number of hydrazine groups is 1. The van der Waals surface area contributed by atoms with Gasteiger partial charge < -0.3 is 0 Å². The molecule has 0 saturated heterocycles. The Kier molecular flexibility index (Phi) is 5.73. The Bertz CT molecular complexity index is 958. The summed E-state index contributed by atoms with van der Waals surface area (Å²) < 4.78 is 38.7. The Morgan fingerprint density at radius 2 is 1.54 bits per heavy atom. The molecule has 0 unspecified atom stereocenters. The van der Waals surface area contributed by atoms with Gasteiger partial charge in [0.15, 0.2) is 0 Å². The Morgan fingerprint density at radius 1 is 0.962 bits per heavy atom. The monoisotopic (exact) mass is 379 g/mol. The van der Waals surface area contributed by atoms with E-state index in [1.807, 2.05) is 0 Å². The van der Waals surface area contributed by atoms with Crippen molar-refractivity contribution in [1.29, 1.82) is 0 Å². The summed E-state index contributed by atoms with van der Waals surface area (Å²) in [5.41, 5.74) is 4.81. The summed E-state index contributed by atoms with van der Waals surface area (Å²) >= 11 is 0. The van der Waals surface area contributed by atoms with E-state index in [1.165, 1.54) is 50.5 Å². The number of nitrogens with zero attached hydrogens (tertiary/aromatic N) is 1. The highest BCUT2D eigenvalue weighted by molar-refractivity contribution is 7.89. The van der Waals surface area contributed by atoms with Crippen molar-refractivity contribution < 1.29 is 22.4 Å². The van der Waals surface area contributed by atoms with E-state index in [1.54, 1.807) is 6.92 Å². The van der Waals surface area contributed by atoms with Gasteiger partial charge in [0.25, 0.3) is 11.8 Å². The molecule has 0 aliphatic rings. The highest BCUT2D eigenvalue weighted by Crippen LogP contribution is 2.15. The topological polar surface area (TPSA) is 95.6 Å². The highest BCUT2D eigenvalue weighted by atomic mass is 32.2. The maximum atomic E-state index is 13.5. The molecule has 0 atom stereocenters. The van der Waals surface area contributed by atoms with Crippen molar-refractivity contribution in [3.8, 4) is 0 Å². The average Bonchev–Trinajstić information content (AvgIpc) is 2.61. The molecule has 2 rings (SSSR count). The summed E-state index contributed by atoms with van der Waals surface area (Å²) in [5, 5.41) is 0. The molecular weight excluding hydrogens is 361 g/mol. The van der Waals surface area contributed by atoms with E-state index in [0.29, 0.717) is 5.56 Å². The molecular formula is C17H18FN3O4S. The molecule has 0 saturated carbocycles. The van der Waals surface area contributed by atoms with Gasteiger partial charge in [-0.25, -0.2) is 17.1 Å². The number of carbonyl (C=O) groups is 2. The molecule has 2 N–H and O–H groups in total. The third-order valence-corrected chi connectivity index (χ3v) is 5.41. The molecule has 0 aliphatic carbocycles. The summed E-state index contributed by atoms with van der Waals surface area (Å²) in [7, 11) is -0.936. The highest BCUT2D eigenvalue weighted by Gasteiger charge is 2.19. The minimum absolute atomic E-state index is 0.0392. The van der Waals surface area contributed by atoms with Crippen LogP contribution in [0.2, 0.25) is 0 Å². The van der Waals surface area contributed by atoms with Crippen molar-refractivity contribution in [2.45, 2.75) is 11.8 Å². The number of halogens is 1. The molecule has 26 heavy (non-hydrogen) atoms. The average molecular weight is 379 g/mol. The summed E-state index contributed by atoms with van der Waals surface area (Å²) in [4.78, 5) is 24.1. The minimum atomic E-state index is -3.69. The van der Waals surface area contributed by atoms with Crippen molar-refractivity contribution in [2.75, 3.05) is 14.1 Å². The maximum absolute atomic E-state index is 13.5. The third-order valence-electron chi connectivity index (χ3n) is 3.60. The van der Waals surface area contributed by atoms with E-state index in [2.05, 4.69) is 10.9 Å². The molecule has 7 nitrogen and oxygen atoms in total. The third kappa shape index (κ3) is 4.24. The number of aryl methyl sites for hydroxylation is 1. The predicted octanol–water partition coefficient (Wildman–Crippen LogP) is 1.46. The van der Waals surface area contributed by atoms with Gasteiger partial charge in [-0.15, -0.1) is 0 Å². The van der Waals surface area contributed by atoms with Crippen molar-refractivity contribution in [3.63, 3.8) is 0 Å². The Labute approximate surface area is 150 Å². The number of hydrogen-bond donors (Lipinski definition) is 2. The van der Waals surface area contributed by atoms with Crippen LogP contribution in [0.25, 0.3) is 0 Å². The van der Waals surface area contributed by atoms with Crippen molar-refractivity contribution >= 4 is 21.8 Å². The normalized spacial score (nSPS) is 11.3. The molecule has 2 amide bonds. The van der Waals surface area contributed by atoms with Crippen LogP contribution < -0.4 is 10.9 Å². The fourth-order valence-corrected chi connectivity index (χ4v) is 2.95. The Morgan fingerprint density at radius 3 is 2.08 bits per heavy atom. The van der Waals surface area contributed by atoms with E-state index < -0.39 is 27.7 Å². The zero-order chi connectivity index (χ0) is 19.5. The second-order valence-corrected chi connectivity index (χ2v) is 7.84. The number of amides is 2. The lowest BCUT2D eigenvalue weighted by Crippen LogP contribution is -2.41. The molecule has 2 aromatic carbocycles. The standard InChI is InChI=1S/C17H18FN3O4S/c1-11-7-8-13(10-15(11)18)17(23)20-19-16(22)12-5-4-6-14(9-12)26(24,25)21(2)3/h4-10H,1-3H3,(H,19,22)(H,20,23). The van der Waals surface area contributed by atoms with Crippen LogP contribution >= 0.6 is 0 Å². The fourth-order valence-electron chi connectivity index (χ4n) is 2.00. The predicted molar refractivity (Wildman–Crippen MR) is 93.4 cm³/mol. The fraction of sp³-hybridized carbons (Fsp3) is 0.176. The Balaban J connectivity index is 2.11. The largest absolute Gasteiger partial charge is 0.269 e. The van der Waals surface area contributed by atoms with Crippen LogP contribution in [0.1, 0.15) is 26.3 Å².